The molecular weight excluding hydrogens is 389 g/mol. The largest absolute Gasteiger partial charge is 0.347 e. The van der Waals surface area contributed by atoms with Crippen molar-refractivity contribution >= 4 is 20.9 Å². The molecule has 0 saturated heterocycles. The zero-order valence-electron chi connectivity index (χ0n) is 17.3. The second-order valence-electron chi connectivity index (χ2n) is 8.02. The van der Waals surface area contributed by atoms with Gasteiger partial charge in [-0.1, -0.05) is 13.8 Å². The fourth-order valence-corrected chi connectivity index (χ4v) is 4.09. The van der Waals surface area contributed by atoms with E-state index in [0.29, 0.717) is 17.9 Å². The summed E-state index contributed by atoms with van der Waals surface area (Å²) in [6, 6.07) is 7.03. The van der Waals surface area contributed by atoms with Gasteiger partial charge in [-0.3, -0.25) is 4.98 Å². The van der Waals surface area contributed by atoms with Gasteiger partial charge in [-0.2, -0.15) is 0 Å². The Bertz CT molecular complexity index is 1090. The molecule has 0 amide bonds. The Morgan fingerprint density at radius 2 is 1.83 bits per heavy atom. The van der Waals surface area contributed by atoms with E-state index in [0.717, 1.165) is 28.6 Å². The average molecular weight is 418 g/mol. The molecule has 0 unspecified atom stereocenters. The standard InChI is InChI=1S/C22H28FN3O2S/c1-15(2)13-26-14-18(7-10-25-29(27,28)16(3)4)20-11-21(23)19(12-22(20)26)17-5-8-24-9-6-17/h5-6,8-9,11-12,14-16,25H,7,10,13H2,1-4H3. The summed E-state index contributed by atoms with van der Waals surface area (Å²) in [5.41, 5.74) is 3.21. The van der Waals surface area contributed by atoms with E-state index in [1.54, 1.807) is 44.4 Å². The minimum absolute atomic E-state index is 0.287. The van der Waals surface area contributed by atoms with Crippen LogP contribution in [0.5, 0.6) is 0 Å². The highest BCUT2D eigenvalue weighted by atomic mass is 32.2. The highest BCUT2D eigenvalue weighted by Crippen LogP contribution is 2.31. The van der Waals surface area contributed by atoms with Crippen LogP contribution in [0.1, 0.15) is 33.3 Å². The van der Waals surface area contributed by atoms with Crippen molar-refractivity contribution in [3.8, 4) is 11.1 Å². The number of fused-ring (bicyclic) bond motifs is 1. The molecule has 0 aliphatic rings. The van der Waals surface area contributed by atoms with Crippen molar-refractivity contribution in [2.24, 2.45) is 5.92 Å². The first-order chi connectivity index (χ1) is 13.7. The molecule has 0 bridgehead atoms. The van der Waals surface area contributed by atoms with Crippen molar-refractivity contribution in [2.45, 2.75) is 45.9 Å². The van der Waals surface area contributed by atoms with E-state index >= 15 is 0 Å². The lowest BCUT2D eigenvalue weighted by Gasteiger charge is -2.10. The van der Waals surface area contributed by atoms with Crippen LogP contribution in [-0.4, -0.2) is 29.8 Å². The monoisotopic (exact) mass is 417 g/mol. The van der Waals surface area contributed by atoms with E-state index in [1.165, 1.54) is 0 Å². The Hall–Kier alpha value is -2.25. The number of nitrogens with one attached hydrogen (secondary N) is 1. The third kappa shape index (κ3) is 4.85. The summed E-state index contributed by atoms with van der Waals surface area (Å²) in [4.78, 5) is 4.01. The number of benzene rings is 1. The van der Waals surface area contributed by atoms with Crippen molar-refractivity contribution in [1.82, 2.24) is 14.3 Å². The lowest BCUT2D eigenvalue weighted by molar-refractivity contribution is 0.534. The molecule has 1 N–H and O–H groups in total. The molecule has 3 aromatic rings. The Kier molecular flexibility index (Phi) is 6.39. The van der Waals surface area contributed by atoms with Gasteiger partial charge in [0.15, 0.2) is 0 Å². The number of hydrogen-bond donors (Lipinski definition) is 1. The smallest absolute Gasteiger partial charge is 0.213 e. The van der Waals surface area contributed by atoms with E-state index in [2.05, 4.69) is 28.1 Å². The molecule has 0 aliphatic heterocycles. The number of hydrogen-bond acceptors (Lipinski definition) is 3. The zero-order chi connectivity index (χ0) is 21.2. The van der Waals surface area contributed by atoms with E-state index in [9.17, 15) is 12.8 Å². The Balaban J connectivity index is 1.99. The maximum Gasteiger partial charge on any atom is 0.213 e. The summed E-state index contributed by atoms with van der Waals surface area (Å²) in [7, 11) is -3.32. The molecule has 0 spiro atoms. The van der Waals surface area contributed by atoms with Gasteiger partial charge in [-0.25, -0.2) is 17.5 Å². The molecule has 0 saturated carbocycles. The van der Waals surface area contributed by atoms with E-state index in [4.69, 9.17) is 0 Å². The molecule has 5 nitrogen and oxygen atoms in total. The van der Waals surface area contributed by atoms with Gasteiger partial charge >= 0.3 is 0 Å². The van der Waals surface area contributed by atoms with Crippen LogP contribution in [0.3, 0.4) is 0 Å². The molecule has 2 aromatic heterocycles. The van der Waals surface area contributed by atoms with Crippen molar-refractivity contribution in [2.75, 3.05) is 6.54 Å². The molecule has 0 atom stereocenters. The van der Waals surface area contributed by atoms with Crippen LogP contribution in [0.15, 0.2) is 42.9 Å². The van der Waals surface area contributed by atoms with Crippen LogP contribution in [0.25, 0.3) is 22.0 Å². The number of pyridine rings is 1. The van der Waals surface area contributed by atoms with Crippen LogP contribution in [0.4, 0.5) is 4.39 Å². The fourth-order valence-electron chi connectivity index (χ4n) is 3.37. The Morgan fingerprint density at radius 3 is 2.45 bits per heavy atom. The molecule has 3 rings (SSSR count). The quantitative estimate of drug-likeness (QED) is 0.592. The number of aromatic nitrogens is 2. The predicted octanol–water partition coefficient (Wildman–Crippen LogP) is 4.37. The van der Waals surface area contributed by atoms with Gasteiger partial charge in [-0.05, 0) is 61.6 Å². The maximum atomic E-state index is 14.9. The topological polar surface area (TPSA) is 64.0 Å². The number of rotatable bonds is 8. The highest BCUT2D eigenvalue weighted by Gasteiger charge is 2.17. The van der Waals surface area contributed by atoms with Gasteiger partial charge in [-0.15, -0.1) is 0 Å². The minimum Gasteiger partial charge on any atom is -0.347 e. The summed E-state index contributed by atoms with van der Waals surface area (Å²) in [6.07, 6.45) is 5.82. The minimum atomic E-state index is -3.32. The highest BCUT2D eigenvalue weighted by molar-refractivity contribution is 7.90. The molecule has 156 valence electrons. The van der Waals surface area contributed by atoms with E-state index in [1.807, 2.05) is 12.3 Å². The molecule has 29 heavy (non-hydrogen) atoms. The van der Waals surface area contributed by atoms with Crippen molar-refractivity contribution in [1.29, 1.82) is 0 Å². The van der Waals surface area contributed by atoms with Gasteiger partial charge in [0.05, 0.1) is 5.25 Å². The lowest BCUT2D eigenvalue weighted by atomic mass is 10.0. The van der Waals surface area contributed by atoms with Crippen LogP contribution in [-0.2, 0) is 23.0 Å². The molecular formula is C22H28FN3O2S. The Labute approximate surface area is 172 Å². The zero-order valence-corrected chi connectivity index (χ0v) is 18.1. The Morgan fingerprint density at radius 1 is 1.14 bits per heavy atom. The molecule has 2 heterocycles. The van der Waals surface area contributed by atoms with Crippen molar-refractivity contribution < 1.29 is 12.8 Å². The second-order valence-corrected chi connectivity index (χ2v) is 10.3. The van der Waals surface area contributed by atoms with Crippen LogP contribution in [0.2, 0.25) is 0 Å². The SMILES string of the molecule is CC(C)Cn1cc(CCNS(=O)(=O)C(C)C)c2cc(F)c(-c3ccncc3)cc21. The van der Waals surface area contributed by atoms with Gasteiger partial charge in [0, 0.05) is 48.1 Å². The molecule has 0 aliphatic carbocycles. The van der Waals surface area contributed by atoms with Crippen molar-refractivity contribution in [3.05, 3.63) is 54.2 Å². The first kappa shape index (κ1) is 21.5. The van der Waals surface area contributed by atoms with Crippen LogP contribution >= 0.6 is 0 Å². The lowest BCUT2D eigenvalue weighted by Crippen LogP contribution is -2.32. The summed E-state index contributed by atoms with van der Waals surface area (Å²) >= 11 is 0. The van der Waals surface area contributed by atoms with Crippen LogP contribution < -0.4 is 4.72 Å². The van der Waals surface area contributed by atoms with Crippen molar-refractivity contribution in [3.63, 3.8) is 0 Å². The number of sulfonamides is 1. The number of nitrogens with zero attached hydrogens (tertiary/aromatic N) is 2. The predicted molar refractivity (Wildman–Crippen MR) is 116 cm³/mol. The van der Waals surface area contributed by atoms with Gasteiger partial charge < -0.3 is 4.57 Å². The second kappa shape index (κ2) is 8.63. The van der Waals surface area contributed by atoms with Gasteiger partial charge in [0.1, 0.15) is 5.82 Å². The van der Waals surface area contributed by atoms with E-state index < -0.39 is 15.3 Å². The maximum absolute atomic E-state index is 14.9. The van der Waals surface area contributed by atoms with E-state index in [-0.39, 0.29) is 12.4 Å². The van der Waals surface area contributed by atoms with Crippen LogP contribution in [0, 0.1) is 11.7 Å². The molecule has 0 radical (unpaired) electrons. The summed E-state index contributed by atoms with van der Waals surface area (Å²) in [6.45, 7) is 8.65. The number of halogens is 1. The molecule has 1 aromatic carbocycles. The summed E-state index contributed by atoms with van der Waals surface area (Å²) in [5.74, 6) is 0.127. The average Bonchev–Trinajstić information content (AvgIpc) is 2.97. The van der Waals surface area contributed by atoms with Gasteiger partial charge in [0.25, 0.3) is 0 Å². The third-order valence-electron chi connectivity index (χ3n) is 4.92. The fraction of sp³-hybridized carbons (Fsp3) is 0.409. The molecule has 7 heteroatoms. The summed E-state index contributed by atoms with van der Waals surface area (Å²) in [5, 5.41) is 0.342. The normalized spacial score (nSPS) is 12.4. The first-order valence-corrected chi connectivity index (χ1v) is 11.4. The summed E-state index contributed by atoms with van der Waals surface area (Å²) < 4.78 is 43.7. The third-order valence-corrected chi connectivity index (χ3v) is 6.77. The first-order valence-electron chi connectivity index (χ1n) is 9.89. The molecule has 0 fully saturated rings. The van der Waals surface area contributed by atoms with Gasteiger partial charge in [0.2, 0.25) is 10.0 Å².